The van der Waals surface area contributed by atoms with Gasteiger partial charge >= 0.3 is 0 Å². The van der Waals surface area contributed by atoms with Crippen molar-refractivity contribution in [3.05, 3.63) is 205 Å². The van der Waals surface area contributed by atoms with E-state index in [1.54, 1.807) is 0 Å². The Bertz CT molecular complexity index is 2830. The Morgan fingerprint density at radius 1 is 0.490 bits per heavy atom. The number of rotatable bonds is 5. The van der Waals surface area contributed by atoms with E-state index in [1.807, 2.05) is 30.3 Å². The zero-order chi connectivity index (χ0) is 34.1. The van der Waals surface area contributed by atoms with Crippen molar-refractivity contribution >= 4 is 49.7 Å². The fourth-order valence-electron chi connectivity index (χ4n) is 8.14. The summed E-state index contributed by atoms with van der Waals surface area (Å²) in [7, 11) is 0. The van der Waals surface area contributed by atoms with Gasteiger partial charge in [-0.05, 0) is 67.4 Å². The summed E-state index contributed by atoms with van der Waals surface area (Å²) in [4.78, 5) is 5.31. The van der Waals surface area contributed by atoms with Gasteiger partial charge in [0.1, 0.15) is 11.2 Å². The first-order valence-corrected chi connectivity index (χ1v) is 17.3. The molecule has 1 aromatic heterocycles. The Morgan fingerprint density at radius 3 is 1.82 bits per heavy atom. The maximum atomic E-state index is 6.87. The number of aliphatic imine (C=N–C) groups is 1. The fraction of sp³-hybridized carbons (Fsp3) is 0. The highest BCUT2D eigenvalue weighted by Crippen LogP contribution is 2.50. The van der Waals surface area contributed by atoms with Crippen LogP contribution in [0.5, 0.6) is 0 Å². The highest BCUT2D eigenvalue weighted by atomic mass is 16.3. The molecule has 0 saturated heterocycles. The molecular weight excluding hydrogens is 619 g/mol. The molecule has 238 valence electrons. The highest BCUT2D eigenvalue weighted by molar-refractivity contribution is 6.26. The second kappa shape index (κ2) is 11.4. The lowest BCUT2D eigenvalue weighted by Gasteiger charge is -2.15. The van der Waals surface area contributed by atoms with Crippen molar-refractivity contribution in [1.29, 1.82) is 0 Å². The molecule has 8 aromatic rings. The zero-order valence-corrected chi connectivity index (χ0v) is 27.9. The smallest absolute Gasteiger partial charge is 0.143 e. The molecule has 0 N–H and O–H groups in total. The van der Waals surface area contributed by atoms with Gasteiger partial charge in [-0.25, -0.2) is 4.99 Å². The number of nitrogens with zero attached hydrogens (tertiary/aromatic N) is 1. The predicted octanol–water partition coefficient (Wildman–Crippen LogP) is 13.1. The van der Waals surface area contributed by atoms with Crippen LogP contribution < -0.4 is 0 Å². The number of hydrogen-bond acceptors (Lipinski definition) is 2. The Hall–Kier alpha value is -6.77. The molecule has 1 aliphatic carbocycles. The van der Waals surface area contributed by atoms with Gasteiger partial charge in [-0.3, -0.25) is 0 Å². The van der Waals surface area contributed by atoms with Crippen LogP contribution in [0.15, 0.2) is 198 Å². The molecule has 10 rings (SSSR count). The molecule has 51 heavy (non-hydrogen) atoms. The van der Waals surface area contributed by atoms with E-state index in [0.717, 1.165) is 77.9 Å². The fourth-order valence-corrected chi connectivity index (χ4v) is 8.14. The Balaban J connectivity index is 1.22. The number of allylic oxidation sites excluding steroid dienone is 5. The predicted molar refractivity (Wildman–Crippen MR) is 215 cm³/mol. The molecule has 1 aliphatic heterocycles. The minimum atomic E-state index is 0.826. The van der Waals surface area contributed by atoms with E-state index < -0.39 is 0 Å². The summed E-state index contributed by atoms with van der Waals surface area (Å²) in [6.07, 6.45) is 4.02. The quantitative estimate of drug-likeness (QED) is 0.182. The molecule has 0 amide bonds. The van der Waals surface area contributed by atoms with Crippen molar-refractivity contribution < 1.29 is 4.42 Å². The molecule has 0 unspecified atom stereocenters. The van der Waals surface area contributed by atoms with E-state index in [0.29, 0.717) is 0 Å². The van der Waals surface area contributed by atoms with Crippen molar-refractivity contribution in [1.82, 2.24) is 0 Å². The number of furan rings is 1. The van der Waals surface area contributed by atoms with Crippen LogP contribution in [0.25, 0.3) is 77.4 Å². The van der Waals surface area contributed by atoms with E-state index in [4.69, 9.17) is 9.41 Å². The van der Waals surface area contributed by atoms with Crippen LogP contribution in [0.1, 0.15) is 16.7 Å². The maximum Gasteiger partial charge on any atom is 0.143 e. The molecule has 7 aromatic carbocycles. The summed E-state index contributed by atoms with van der Waals surface area (Å²) in [5.41, 5.74) is 16.7. The summed E-state index contributed by atoms with van der Waals surface area (Å²) >= 11 is 0. The first-order chi connectivity index (χ1) is 25.2. The van der Waals surface area contributed by atoms with Crippen LogP contribution in [0.2, 0.25) is 0 Å². The number of para-hydroxylation sites is 1. The molecule has 2 heteroatoms. The topological polar surface area (TPSA) is 25.5 Å². The summed E-state index contributed by atoms with van der Waals surface area (Å²) in [6.45, 7) is 8.99. The van der Waals surface area contributed by atoms with Crippen LogP contribution >= 0.6 is 0 Å². The lowest BCUT2D eigenvalue weighted by Crippen LogP contribution is -2.06. The normalized spacial score (nSPS) is 13.8. The van der Waals surface area contributed by atoms with Gasteiger partial charge in [-0.1, -0.05) is 165 Å². The second-order valence-electron chi connectivity index (χ2n) is 13.1. The molecule has 0 radical (unpaired) electrons. The number of hydrogen-bond donors (Lipinski definition) is 0. The average Bonchev–Trinajstić information content (AvgIpc) is 3.69. The first kappa shape index (κ1) is 29.2. The van der Waals surface area contributed by atoms with Gasteiger partial charge in [0.25, 0.3) is 0 Å². The van der Waals surface area contributed by atoms with Crippen molar-refractivity contribution in [2.45, 2.75) is 0 Å². The SMILES string of the molecule is C=CC1=C(c2cccc3oc4c(-c5ccc6c7c(cccc57)-c5ccccc5-6)cccc4c23)C(=C)C=C(c2ccccc2)N=C1c1ccccc1. The summed E-state index contributed by atoms with van der Waals surface area (Å²) in [6, 6.07) is 53.4. The van der Waals surface area contributed by atoms with Crippen molar-refractivity contribution in [2.24, 2.45) is 4.99 Å². The Morgan fingerprint density at radius 2 is 1.08 bits per heavy atom. The average molecular weight is 650 g/mol. The standard InChI is InChI=1S/C49H31NO/c1-3-33-45(30(2)29-43(31-15-6-4-7-16-31)50-48(33)32-17-8-5-9-18-32)41-24-14-26-44-47(41)42-25-13-23-40(49(42)51-44)36-27-28-39-35-20-11-10-19-34(35)37-21-12-22-38(36)46(37)39/h3-29H,1-2H2. The second-order valence-corrected chi connectivity index (χ2v) is 13.1. The highest BCUT2D eigenvalue weighted by Gasteiger charge is 2.26. The molecule has 0 spiro atoms. The Kier molecular flexibility index (Phi) is 6.52. The molecule has 2 nitrogen and oxygen atoms in total. The number of benzene rings is 7. The van der Waals surface area contributed by atoms with Gasteiger partial charge in [0.15, 0.2) is 0 Å². The van der Waals surface area contributed by atoms with Crippen LogP contribution in [0.4, 0.5) is 0 Å². The number of fused-ring (bicyclic) bond motifs is 6. The van der Waals surface area contributed by atoms with Crippen LogP contribution in [0, 0.1) is 0 Å². The van der Waals surface area contributed by atoms with E-state index >= 15 is 0 Å². The van der Waals surface area contributed by atoms with Crippen LogP contribution in [-0.2, 0) is 0 Å². The maximum absolute atomic E-state index is 6.87. The van der Waals surface area contributed by atoms with E-state index in [2.05, 4.69) is 147 Å². The van der Waals surface area contributed by atoms with E-state index in [1.165, 1.54) is 33.0 Å². The zero-order valence-electron chi connectivity index (χ0n) is 27.9. The molecule has 0 saturated carbocycles. The minimum absolute atomic E-state index is 0.826. The van der Waals surface area contributed by atoms with Crippen LogP contribution in [-0.4, -0.2) is 5.71 Å². The molecule has 2 aliphatic rings. The molecule has 0 bridgehead atoms. The van der Waals surface area contributed by atoms with Crippen molar-refractivity contribution in [3.8, 4) is 33.4 Å². The summed E-state index contributed by atoms with van der Waals surface area (Å²) < 4.78 is 6.87. The Labute approximate surface area is 296 Å². The van der Waals surface area contributed by atoms with Gasteiger partial charge in [0, 0.05) is 33.0 Å². The van der Waals surface area contributed by atoms with E-state index in [-0.39, 0.29) is 0 Å². The van der Waals surface area contributed by atoms with Gasteiger partial charge in [-0.2, -0.15) is 0 Å². The van der Waals surface area contributed by atoms with Crippen molar-refractivity contribution in [3.63, 3.8) is 0 Å². The summed E-state index contributed by atoms with van der Waals surface area (Å²) in [5.74, 6) is 0. The van der Waals surface area contributed by atoms with Gasteiger partial charge in [-0.15, -0.1) is 0 Å². The lowest BCUT2D eigenvalue weighted by atomic mass is 9.87. The lowest BCUT2D eigenvalue weighted by molar-refractivity contribution is 0.670. The molecule has 2 heterocycles. The molecule has 0 atom stereocenters. The minimum Gasteiger partial charge on any atom is -0.455 e. The van der Waals surface area contributed by atoms with Crippen LogP contribution in [0.3, 0.4) is 0 Å². The molecule has 0 fully saturated rings. The van der Waals surface area contributed by atoms with Gasteiger partial charge < -0.3 is 4.42 Å². The van der Waals surface area contributed by atoms with E-state index in [9.17, 15) is 0 Å². The third-order valence-electron chi connectivity index (χ3n) is 10.3. The van der Waals surface area contributed by atoms with Crippen molar-refractivity contribution in [2.75, 3.05) is 0 Å². The van der Waals surface area contributed by atoms with Gasteiger partial charge in [0.2, 0.25) is 0 Å². The first-order valence-electron chi connectivity index (χ1n) is 17.3. The monoisotopic (exact) mass is 649 g/mol. The third kappa shape index (κ3) is 4.40. The third-order valence-corrected chi connectivity index (χ3v) is 10.3. The van der Waals surface area contributed by atoms with Gasteiger partial charge in [0.05, 0.1) is 11.4 Å². The molecular formula is C49H31NO. The summed E-state index contributed by atoms with van der Waals surface area (Å²) in [5, 5.41) is 4.63. The largest absolute Gasteiger partial charge is 0.455 e.